The van der Waals surface area contributed by atoms with Crippen LogP contribution in [0.4, 0.5) is 0 Å². The molecule has 0 aromatic rings. The summed E-state index contributed by atoms with van der Waals surface area (Å²) in [5.41, 5.74) is 5.33. The number of phosphoric acid groups is 1. The van der Waals surface area contributed by atoms with Gasteiger partial charge in [0.05, 0.1) is 25.4 Å². The summed E-state index contributed by atoms with van der Waals surface area (Å²) in [6, 6.07) is -1.57. The van der Waals surface area contributed by atoms with Crippen molar-refractivity contribution in [1.29, 1.82) is 0 Å². The maximum Gasteiger partial charge on any atom is 0.472 e. The number of Topliss-reactive ketones (excluding diaryl/α,β-unsaturated/α-hetero) is 1. The van der Waals surface area contributed by atoms with E-state index in [0.29, 0.717) is 32.1 Å². The Balaban J connectivity index is 2.51. The molecule has 6 N–H and O–H groups in total. The van der Waals surface area contributed by atoms with E-state index in [0.717, 1.165) is 64.2 Å². The molecule has 15 heteroatoms. The molecule has 1 aliphatic rings. The fourth-order valence-corrected chi connectivity index (χ4v) is 7.34. The predicted octanol–water partition coefficient (Wildman–Crippen LogP) is 9.09. The highest BCUT2D eigenvalue weighted by molar-refractivity contribution is 7.47. The van der Waals surface area contributed by atoms with Crippen LogP contribution in [0.2, 0.25) is 0 Å². The van der Waals surface area contributed by atoms with Crippen molar-refractivity contribution in [1.82, 2.24) is 0 Å². The number of phosphoric ester groups is 1. The third-order valence-electron chi connectivity index (χ3n) is 10.3. The fourth-order valence-electron chi connectivity index (χ4n) is 6.56. The van der Waals surface area contributed by atoms with Gasteiger partial charge in [-0.2, -0.15) is 0 Å². The lowest BCUT2D eigenvalue weighted by Crippen LogP contribution is -2.34. The predicted molar refractivity (Wildman–Crippen MR) is 245 cm³/mol. The molecular formula is C48H78NO13P. The van der Waals surface area contributed by atoms with Crippen molar-refractivity contribution in [2.45, 2.75) is 173 Å². The van der Waals surface area contributed by atoms with Crippen LogP contribution < -0.4 is 5.73 Å². The van der Waals surface area contributed by atoms with E-state index in [-0.39, 0.29) is 31.0 Å². The third kappa shape index (κ3) is 31.1. The molecule has 0 aromatic carbocycles. The van der Waals surface area contributed by atoms with Gasteiger partial charge in [-0.05, 0) is 77.0 Å². The minimum absolute atomic E-state index is 0.0196. The van der Waals surface area contributed by atoms with E-state index in [4.69, 9.17) is 24.8 Å². The average Bonchev–Trinajstić information content (AvgIpc) is 3.52. The molecule has 0 aromatic heterocycles. The van der Waals surface area contributed by atoms with Crippen LogP contribution in [-0.4, -0.2) is 88.1 Å². The lowest BCUT2D eigenvalue weighted by Gasteiger charge is -2.20. The van der Waals surface area contributed by atoms with Gasteiger partial charge >= 0.3 is 25.7 Å². The minimum atomic E-state index is -4.80. The Morgan fingerprint density at radius 2 is 1.30 bits per heavy atom. The van der Waals surface area contributed by atoms with Crippen molar-refractivity contribution < 1.29 is 62.5 Å². The standard InChI is InChI=1S/C48H78NO13P/c1-3-5-7-8-9-10-11-12-13-14-15-16-17-18-19-20-21-22-28-32-47(54)62-40(37-60-63(57,58)61-38-43(49)48(55)56)36-59-46(53)31-27-24-23-26-30-41-42(45(52)35-44(41)51)34-33-39(50)29-25-6-4-2/h9-10,12-13,15-16,18-19,23,26,33-34,39-44,50-51H,3-8,11,14,17,20-22,24-25,27-32,35-38,49H2,1-2H3,(H,55,56)(H,57,58)/b10-9-,13-12-,16-15-,19-18-,26-23-,34-33+/t39-,40+,41+,42+,43-,44-/m0/s1. The lowest BCUT2D eigenvalue weighted by molar-refractivity contribution is -0.161. The number of carboxylic acids is 1. The van der Waals surface area contributed by atoms with Gasteiger partial charge in [-0.1, -0.05) is 125 Å². The zero-order chi connectivity index (χ0) is 46.6. The van der Waals surface area contributed by atoms with Crippen LogP contribution in [0.25, 0.3) is 0 Å². The number of hydrogen-bond acceptors (Lipinski definition) is 12. The summed E-state index contributed by atoms with van der Waals surface area (Å²) < 4.78 is 32.7. The van der Waals surface area contributed by atoms with E-state index in [9.17, 15) is 38.8 Å². The van der Waals surface area contributed by atoms with Crippen molar-refractivity contribution in [2.75, 3.05) is 19.8 Å². The average molecular weight is 908 g/mol. The third-order valence-corrected chi connectivity index (χ3v) is 11.3. The number of aliphatic hydroxyl groups excluding tert-OH is 2. The van der Waals surface area contributed by atoms with Crippen LogP contribution in [0.15, 0.2) is 72.9 Å². The maximum atomic E-state index is 12.7. The normalized spacial score (nSPS) is 19.6. The molecule has 1 aliphatic carbocycles. The highest BCUT2D eigenvalue weighted by atomic mass is 31.2. The number of esters is 2. The van der Waals surface area contributed by atoms with Gasteiger partial charge in [0.2, 0.25) is 0 Å². The van der Waals surface area contributed by atoms with Gasteiger partial charge in [-0.3, -0.25) is 28.2 Å². The summed E-state index contributed by atoms with van der Waals surface area (Å²) in [7, 11) is -4.80. The van der Waals surface area contributed by atoms with Gasteiger partial charge in [-0.25, -0.2) is 4.57 Å². The molecule has 358 valence electrons. The quantitative estimate of drug-likeness (QED) is 0.0168. The first-order valence-electron chi connectivity index (χ1n) is 23.1. The highest BCUT2D eigenvalue weighted by Crippen LogP contribution is 2.43. The number of nitrogens with two attached hydrogens (primary N) is 1. The van der Waals surface area contributed by atoms with Crippen LogP contribution >= 0.6 is 7.82 Å². The Morgan fingerprint density at radius 3 is 1.94 bits per heavy atom. The molecule has 0 heterocycles. The molecule has 0 amide bonds. The zero-order valence-electron chi connectivity index (χ0n) is 37.9. The highest BCUT2D eigenvalue weighted by Gasteiger charge is 2.39. The molecule has 0 radical (unpaired) electrons. The lowest BCUT2D eigenvalue weighted by atomic mass is 9.90. The summed E-state index contributed by atoms with van der Waals surface area (Å²) in [6.07, 6.45) is 37.6. The molecule has 63 heavy (non-hydrogen) atoms. The molecule has 0 saturated heterocycles. The molecule has 1 rings (SSSR count). The summed E-state index contributed by atoms with van der Waals surface area (Å²) in [5.74, 6) is -3.49. The van der Waals surface area contributed by atoms with Crippen LogP contribution in [0.5, 0.6) is 0 Å². The summed E-state index contributed by atoms with van der Waals surface area (Å²) in [6.45, 7) is 2.36. The number of unbranched alkanes of at least 4 members (excludes halogenated alkanes) is 9. The van der Waals surface area contributed by atoms with Crippen LogP contribution in [0, 0.1) is 11.8 Å². The molecule has 1 saturated carbocycles. The molecule has 0 spiro atoms. The number of ketones is 1. The smallest absolute Gasteiger partial charge is 0.472 e. The largest absolute Gasteiger partial charge is 0.480 e. The van der Waals surface area contributed by atoms with Crippen molar-refractivity contribution in [3.63, 3.8) is 0 Å². The number of carbonyl (C=O) groups excluding carboxylic acids is 3. The Morgan fingerprint density at radius 1 is 0.746 bits per heavy atom. The maximum absolute atomic E-state index is 12.7. The topological polar surface area (TPSA) is 229 Å². The second-order valence-electron chi connectivity index (χ2n) is 16.0. The van der Waals surface area contributed by atoms with Gasteiger partial charge < -0.3 is 35.4 Å². The number of ether oxygens (including phenoxy) is 2. The molecule has 0 aliphatic heterocycles. The molecule has 1 unspecified atom stereocenters. The summed E-state index contributed by atoms with van der Waals surface area (Å²) in [5, 5.41) is 29.6. The molecule has 0 bridgehead atoms. The molecule has 14 nitrogen and oxygen atoms in total. The monoisotopic (exact) mass is 908 g/mol. The van der Waals surface area contributed by atoms with Crippen molar-refractivity contribution in [3.05, 3.63) is 72.9 Å². The van der Waals surface area contributed by atoms with Crippen LogP contribution in [0.1, 0.15) is 149 Å². The molecular weight excluding hydrogens is 829 g/mol. The number of carboxylic acid groups (broad SMARTS) is 1. The number of aliphatic carboxylic acids is 1. The van der Waals surface area contributed by atoms with E-state index >= 15 is 0 Å². The van der Waals surface area contributed by atoms with Gasteiger partial charge in [-0.15, -0.1) is 0 Å². The fraction of sp³-hybridized carbons (Fsp3) is 0.667. The van der Waals surface area contributed by atoms with Crippen LogP contribution in [0.3, 0.4) is 0 Å². The number of allylic oxidation sites excluding steroid dienone is 11. The summed E-state index contributed by atoms with van der Waals surface area (Å²) >= 11 is 0. The number of carbonyl (C=O) groups is 4. The van der Waals surface area contributed by atoms with Crippen molar-refractivity contribution in [3.8, 4) is 0 Å². The number of hydrogen-bond donors (Lipinski definition) is 5. The van der Waals surface area contributed by atoms with E-state index < -0.39 is 75.8 Å². The van der Waals surface area contributed by atoms with Gasteiger partial charge in [0.15, 0.2) is 6.10 Å². The number of aliphatic hydroxyl groups is 2. The first-order chi connectivity index (χ1) is 30.3. The van der Waals surface area contributed by atoms with E-state index in [1.54, 1.807) is 12.2 Å². The van der Waals surface area contributed by atoms with Gasteiger partial charge in [0.1, 0.15) is 18.4 Å². The molecule has 1 fully saturated rings. The second kappa shape index (κ2) is 36.8. The minimum Gasteiger partial charge on any atom is -0.480 e. The molecule has 7 atom stereocenters. The number of rotatable bonds is 38. The Bertz CT molecular complexity index is 1510. The Labute approximate surface area is 376 Å². The van der Waals surface area contributed by atoms with E-state index in [2.05, 4.69) is 67.0 Å². The Kier molecular flexibility index (Phi) is 33.6. The SMILES string of the molecule is CCCCC/C=C\C/C=C\C/C=C\C/C=C\CCCCCC(=O)O[C@H](COC(=O)CCC/C=C\C[C@H]1[C@@H](O)CC(=O)[C@@H]1/C=C/[C@@H](O)CCCCC)COP(=O)(O)OC[C@H](N)C(=O)O. The first-order valence-corrected chi connectivity index (χ1v) is 24.6. The van der Waals surface area contributed by atoms with Crippen LogP contribution in [-0.2, 0) is 42.3 Å². The van der Waals surface area contributed by atoms with Crippen molar-refractivity contribution >= 4 is 31.5 Å². The van der Waals surface area contributed by atoms with Crippen molar-refractivity contribution in [2.24, 2.45) is 17.6 Å². The van der Waals surface area contributed by atoms with E-state index in [1.165, 1.54) is 19.3 Å². The second-order valence-corrected chi connectivity index (χ2v) is 17.4. The van der Waals surface area contributed by atoms with Gasteiger partial charge in [0, 0.05) is 31.1 Å². The first kappa shape index (κ1) is 57.5. The summed E-state index contributed by atoms with van der Waals surface area (Å²) in [4.78, 5) is 58.7. The zero-order valence-corrected chi connectivity index (χ0v) is 38.7. The van der Waals surface area contributed by atoms with E-state index in [1.807, 2.05) is 12.2 Å². The Hall–Kier alpha value is -3.49. The van der Waals surface area contributed by atoms with Gasteiger partial charge in [0.25, 0.3) is 0 Å².